The van der Waals surface area contributed by atoms with Crippen LogP contribution in [0.1, 0.15) is 17.2 Å². The second kappa shape index (κ2) is 9.65. The third-order valence-electron chi connectivity index (χ3n) is 4.34. The summed E-state index contributed by atoms with van der Waals surface area (Å²) in [5.41, 5.74) is 2.66. The number of aryl methyl sites for hydroxylation is 2. The monoisotopic (exact) mass is 427 g/mol. The molecule has 3 amide bonds. The number of hydrogen-bond acceptors (Lipinski definition) is 6. The number of rotatable bonds is 6. The Morgan fingerprint density at radius 3 is 2.68 bits per heavy atom. The molecule has 0 unspecified atom stereocenters. The topological polar surface area (TPSA) is 123 Å². The summed E-state index contributed by atoms with van der Waals surface area (Å²) in [4.78, 5) is 28.1. The van der Waals surface area contributed by atoms with Crippen molar-refractivity contribution in [1.29, 1.82) is 0 Å². The van der Waals surface area contributed by atoms with Gasteiger partial charge in [0.05, 0.1) is 17.6 Å². The maximum absolute atomic E-state index is 13.5. The number of aromatic nitrogens is 4. The van der Waals surface area contributed by atoms with Crippen molar-refractivity contribution >= 4 is 23.6 Å². The highest BCUT2D eigenvalue weighted by Gasteiger charge is 2.21. The first-order valence-electron chi connectivity index (χ1n) is 9.36. The normalized spacial score (nSPS) is 11.5. The average molecular weight is 427 g/mol. The maximum Gasteiger partial charge on any atom is 0.413 e. The van der Waals surface area contributed by atoms with E-state index in [0.29, 0.717) is 22.6 Å². The number of ether oxygens (including phenoxy) is 1. The Kier molecular flexibility index (Phi) is 6.75. The molecular formula is C20H22FN7O3. The van der Waals surface area contributed by atoms with Gasteiger partial charge in [0.25, 0.3) is 0 Å². The van der Waals surface area contributed by atoms with Crippen LogP contribution in [0.4, 0.5) is 25.5 Å². The van der Waals surface area contributed by atoms with Crippen molar-refractivity contribution < 1.29 is 18.7 Å². The van der Waals surface area contributed by atoms with E-state index < -0.39 is 18.9 Å². The first kappa shape index (κ1) is 21.7. The highest BCUT2D eigenvalue weighted by Crippen LogP contribution is 2.25. The van der Waals surface area contributed by atoms with Crippen molar-refractivity contribution in [1.82, 2.24) is 25.3 Å². The van der Waals surface area contributed by atoms with E-state index >= 15 is 0 Å². The number of halogens is 1. The Morgan fingerprint density at radius 2 is 2.03 bits per heavy atom. The molecule has 0 radical (unpaired) electrons. The van der Waals surface area contributed by atoms with Gasteiger partial charge in [-0.2, -0.15) is 0 Å². The fraction of sp³-hybridized carbons (Fsp3) is 0.250. The minimum atomic E-state index is -1.04. The molecule has 3 N–H and O–H groups in total. The summed E-state index contributed by atoms with van der Waals surface area (Å²) in [6.45, 7) is 1.00. The van der Waals surface area contributed by atoms with Gasteiger partial charge in [-0.3, -0.25) is 10.3 Å². The van der Waals surface area contributed by atoms with E-state index in [1.54, 1.807) is 37.4 Å². The Morgan fingerprint density at radius 1 is 1.23 bits per heavy atom. The predicted octanol–water partition coefficient (Wildman–Crippen LogP) is 3.20. The molecule has 2 aromatic heterocycles. The highest BCUT2D eigenvalue weighted by molar-refractivity contribution is 5.90. The fourth-order valence-electron chi connectivity index (χ4n) is 2.79. The molecule has 162 valence electrons. The lowest BCUT2D eigenvalue weighted by atomic mass is 10.1. The van der Waals surface area contributed by atoms with Crippen molar-refractivity contribution in [3.8, 4) is 11.4 Å². The number of alkyl halides is 1. The number of hydrogen-bond donors (Lipinski definition) is 3. The zero-order valence-corrected chi connectivity index (χ0v) is 17.2. The summed E-state index contributed by atoms with van der Waals surface area (Å²) in [5, 5.41) is 15.5. The Bertz CT molecular complexity index is 1070. The molecular weight excluding hydrogens is 405 g/mol. The summed E-state index contributed by atoms with van der Waals surface area (Å²) in [5.74, 6) is 0.228. The van der Waals surface area contributed by atoms with Gasteiger partial charge in [-0.15, -0.1) is 5.10 Å². The molecule has 31 heavy (non-hydrogen) atoms. The largest absolute Gasteiger partial charge is 0.438 e. The summed E-state index contributed by atoms with van der Waals surface area (Å²) >= 11 is 0. The van der Waals surface area contributed by atoms with Crippen molar-refractivity contribution in [2.24, 2.45) is 7.05 Å². The number of nitrogens with zero attached hydrogens (tertiary/aromatic N) is 4. The lowest BCUT2D eigenvalue weighted by Crippen LogP contribution is -2.24. The summed E-state index contributed by atoms with van der Waals surface area (Å²) in [7, 11) is 3.08. The molecule has 1 atom stereocenters. The lowest BCUT2D eigenvalue weighted by molar-refractivity contribution is 0.0928. The van der Waals surface area contributed by atoms with Crippen LogP contribution < -0.4 is 16.0 Å². The highest BCUT2D eigenvalue weighted by atomic mass is 19.1. The molecule has 3 aromatic rings. The van der Waals surface area contributed by atoms with E-state index in [1.165, 1.54) is 17.9 Å². The van der Waals surface area contributed by atoms with Gasteiger partial charge in [0.15, 0.2) is 17.6 Å². The summed E-state index contributed by atoms with van der Waals surface area (Å²) in [6.07, 6.45) is -0.454. The summed E-state index contributed by atoms with van der Waals surface area (Å²) in [6, 6.07) is 9.96. The number of urea groups is 1. The van der Waals surface area contributed by atoms with E-state index in [9.17, 15) is 14.0 Å². The molecule has 1 aromatic carbocycles. The second-order valence-corrected chi connectivity index (χ2v) is 6.63. The molecule has 0 aliphatic rings. The summed E-state index contributed by atoms with van der Waals surface area (Å²) < 4.78 is 20.1. The van der Waals surface area contributed by atoms with E-state index in [4.69, 9.17) is 4.74 Å². The van der Waals surface area contributed by atoms with E-state index in [0.717, 1.165) is 5.56 Å². The number of pyridine rings is 1. The smallest absolute Gasteiger partial charge is 0.413 e. The molecule has 0 spiro atoms. The van der Waals surface area contributed by atoms with Gasteiger partial charge in [0.2, 0.25) is 0 Å². The quantitative estimate of drug-likeness (QED) is 0.555. The van der Waals surface area contributed by atoms with Gasteiger partial charge in [0.1, 0.15) is 6.67 Å². The molecule has 0 bridgehead atoms. The number of benzene rings is 1. The van der Waals surface area contributed by atoms with Gasteiger partial charge < -0.3 is 15.4 Å². The molecule has 0 saturated carbocycles. The number of amides is 3. The van der Waals surface area contributed by atoms with Crippen LogP contribution in [0.5, 0.6) is 0 Å². The zero-order valence-electron chi connectivity index (χ0n) is 17.2. The molecule has 10 nitrogen and oxygen atoms in total. The van der Waals surface area contributed by atoms with Gasteiger partial charge in [-0.1, -0.05) is 35.0 Å². The van der Waals surface area contributed by atoms with Crippen molar-refractivity contribution in [2.75, 3.05) is 24.4 Å². The third kappa shape index (κ3) is 5.32. The van der Waals surface area contributed by atoms with Crippen LogP contribution >= 0.6 is 0 Å². The Hall–Kier alpha value is -4.02. The average Bonchev–Trinajstić information content (AvgIpc) is 3.12. The predicted molar refractivity (Wildman–Crippen MR) is 112 cm³/mol. The maximum atomic E-state index is 13.5. The number of carbonyl (C=O) groups is 2. The van der Waals surface area contributed by atoms with Crippen LogP contribution in [-0.4, -0.2) is 45.8 Å². The van der Waals surface area contributed by atoms with Gasteiger partial charge in [-0.25, -0.2) is 18.7 Å². The first-order chi connectivity index (χ1) is 14.9. The zero-order chi connectivity index (χ0) is 22.4. The number of anilines is 2. The minimum Gasteiger partial charge on any atom is -0.438 e. The van der Waals surface area contributed by atoms with E-state index in [-0.39, 0.29) is 11.8 Å². The van der Waals surface area contributed by atoms with Crippen molar-refractivity contribution in [3.63, 3.8) is 0 Å². The fourth-order valence-corrected chi connectivity index (χ4v) is 2.79. The molecule has 3 rings (SSSR count). The second-order valence-electron chi connectivity index (χ2n) is 6.63. The van der Waals surface area contributed by atoms with Crippen LogP contribution in [0.2, 0.25) is 0 Å². The Labute approximate surface area is 177 Å². The van der Waals surface area contributed by atoms with Crippen LogP contribution in [-0.2, 0) is 11.8 Å². The van der Waals surface area contributed by atoms with Gasteiger partial charge in [-0.05, 0) is 24.6 Å². The van der Waals surface area contributed by atoms with Crippen LogP contribution in [0.25, 0.3) is 11.4 Å². The van der Waals surface area contributed by atoms with Crippen molar-refractivity contribution in [2.45, 2.75) is 13.0 Å². The van der Waals surface area contributed by atoms with Crippen LogP contribution in [0.15, 0.2) is 42.6 Å². The van der Waals surface area contributed by atoms with Gasteiger partial charge in [0, 0.05) is 14.1 Å². The minimum absolute atomic E-state index is 0.228. The Balaban J connectivity index is 1.74. The lowest BCUT2D eigenvalue weighted by Gasteiger charge is -2.16. The van der Waals surface area contributed by atoms with Crippen LogP contribution in [0.3, 0.4) is 0 Å². The number of nitrogens with one attached hydrogen (secondary N) is 3. The molecule has 11 heteroatoms. The van der Waals surface area contributed by atoms with Crippen LogP contribution in [0, 0.1) is 6.92 Å². The SMILES string of the molecule is CNC(=O)Nc1ccc(-c2nnn(C)c2NC(=O)O[C@H](CF)c2cccc(C)c2)nc1. The number of carbonyl (C=O) groups excluding carboxylic acids is 2. The first-order valence-corrected chi connectivity index (χ1v) is 9.36. The molecule has 0 aliphatic heterocycles. The molecule has 2 heterocycles. The third-order valence-corrected chi connectivity index (χ3v) is 4.34. The van der Waals surface area contributed by atoms with E-state index in [1.807, 2.05) is 13.0 Å². The van der Waals surface area contributed by atoms with E-state index in [2.05, 4.69) is 31.2 Å². The molecule has 0 fully saturated rings. The molecule has 0 saturated heterocycles. The van der Waals surface area contributed by atoms with Crippen molar-refractivity contribution in [3.05, 3.63) is 53.7 Å². The standard InChI is InChI=1S/C20H22FN7O3/c1-12-5-4-6-13(9-12)16(10-21)31-20(30)25-18-17(26-27-28(18)3)15-8-7-14(11-23-15)24-19(29)22-2/h4-9,11,16H,10H2,1-3H3,(H,25,30)(H2,22,24,29)/t16-/m1/s1. The van der Waals surface area contributed by atoms with Gasteiger partial charge >= 0.3 is 12.1 Å². The molecule has 0 aliphatic carbocycles.